The molecule has 1 aromatic heterocycles. The van der Waals surface area contributed by atoms with Crippen molar-refractivity contribution in [1.29, 1.82) is 0 Å². The minimum atomic E-state index is -3.18. The van der Waals surface area contributed by atoms with Gasteiger partial charge in [-0.1, -0.05) is 6.07 Å². The van der Waals surface area contributed by atoms with Crippen LogP contribution in [0.25, 0.3) is 10.9 Å². The van der Waals surface area contributed by atoms with Crippen molar-refractivity contribution in [2.24, 2.45) is 0 Å². The molecule has 0 bridgehead atoms. The van der Waals surface area contributed by atoms with E-state index in [-0.39, 0.29) is 12.4 Å². The number of benzene rings is 1. The summed E-state index contributed by atoms with van der Waals surface area (Å²) >= 11 is 0. The second-order valence-electron chi connectivity index (χ2n) is 5.88. The molecule has 0 radical (unpaired) electrons. The van der Waals surface area contributed by atoms with Crippen molar-refractivity contribution < 1.29 is 22.7 Å². The van der Waals surface area contributed by atoms with Crippen LogP contribution >= 0.6 is 0 Å². The summed E-state index contributed by atoms with van der Waals surface area (Å²) in [6, 6.07) is 5.36. The first-order valence-corrected chi connectivity index (χ1v) is 9.58. The minimum Gasteiger partial charge on any atom is -0.433 e. The molecule has 0 aliphatic rings. The normalized spacial score (nSPS) is 11.8. The molecule has 24 heavy (non-hydrogen) atoms. The Kier molecular flexibility index (Phi) is 5.84. The van der Waals surface area contributed by atoms with Crippen molar-refractivity contribution in [3.8, 4) is 5.75 Å². The van der Waals surface area contributed by atoms with Crippen molar-refractivity contribution in [3.63, 3.8) is 0 Å². The molecule has 7 nitrogen and oxygen atoms in total. The first kappa shape index (κ1) is 18.3. The van der Waals surface area contributed by atoms with Gasteiger partial charge in [-0.15, -0.1) is 0 Å². The summed E-state index contributed by atoms with van der Waals surface area (Å²) in [6.45, 7) is 0.633. The first-order valence-electron chi connectivity index (χ1n) is 7.52. The Balaban J connectivity index is 2.10. The van der Waals surface area contributed by atoms with E-state index in [0.717, 1.165) is 35.7 Å². The lowest BCUT2D eigenvalue weighted by Crippen LogP contribution is -2.17. The molecule has 0 saturated carbocycles. The van der Waals surface area contributed by atoms with Crippen LogP contribution in [0.15, 0.2) is 24.4 Å². The third-order valence-corrected chi connectivity index (χ3v) is 4.35. The van der Waals surface area contributed by atoms with Crippen LogP contribution in [0.5, 0.6) is 5.75 Å². The van der Waals surface area contributed by atoms with E-state index in [4.69, 9.17) is 9.47 Å². The maximum Gasteiger partial charge on any atom is 0.513 e. The molecule has 132 valence electrons. The van der Waals surface area contributed by atoms with Crippen molar-refractivity contribution in [3.05, 3.63) is 30.0 Å². The number of aromatic nitrogens is 1. The molecule has 2 aromatic rings. The number of likely N-dealkylation sites (N-methyl/N-ethyl adjacent to an activating group) is 1. The predicted octanol–water partition coefficient (Wildman–Crippen LogP) is 1.83. The number of sulfone groups is 1. The third-order valence-electron chi connectivity index (χ3n) is 3.44. The first-order chi connectivity index (χ1) is 11.3. The van der Waals surface area contributed by atoms with Crippen LogP contribution in [0.1, 0.15) is 5.56 Å². The Bertz CT molecular complexity index is 811. The Labute approximate surface area is 141 Å². The van der Waals surface area contributed by atoms with E-state index in [2.05, 4.69) is 9.88 Å². The molecule has 0 saturated heterocycles. The molecule has 1 heterocycles. The molecule has 0 amide bonds. The Hall–Kier alpha value is -2.06. The van der Waals surface area contributed by atoms with Gasteiger partial charge in [0.25, 0.3) is 0 Å². The van der Waals surface area contributed by atoms with E-state index in [9.17, 15) is 13.2 Å². The average molecular weight is 354 g/mol. The van der Waals surface area contributed by atoms with Gasteiger partial charge in [0.1, 0.15) is 12.4 Å². The van der Waals surface area contributed by atoms with Gasteiger partial charge in [0.2, 0.25) is 0 Å². The van der Waals surface area contributed by atoms with Crippen molar-refractivity contribution in [2.75, 3.05) is 39.3 Å². The molecule has 1 N–H and O–H groups in total. The number of aromatic amines is 1. The van der Waals surface area contributed by atoms with E-state index < -0.39 is 16.0 Å². The van der Waals surface area contributed by atoms with Gasteiger partial charge in [-0.05, 0) is 38.2 Å². The zero-order valence-corrected chi connectivity index (χ0v) is 14.9. The Morgan fingerprint density at radius 2 is 2.04 bits per heavy atom. The summed E-state index contributed by atoms with van der Waals surface area (Å²) < 4.78 is 32.2. The van der Waals surface area contributed by atoms with E-state index >= 15 is 0 Å². The van der Waals surface area contributed by atoms with E-state index in [1.165, 1.54) is 0 Å². The largest absolute Gasteiger partial charge is 0.513 e. The fourth-order valence-electron chi connectivity index (χ4n) is 2.24. The van der Waals surface area contributed by atoms with Crippen LogP contribution in [0.3, 0.4) is 0 Å². The fourth-order valence-corrected chi connectivity index (χ4v) is 2.63. The van der Waals surface area contributed by atoms with Gasteiger partial charge < -0.3 is 19.4 Å². The number of hydrogen-bond acceptors (Lipinski definition) is 6. The smallest absolute Gasteiger partial charge is 0.433 e. The Morgan fingerprint density at radius 1 is 1.29 bits per heavy atom. The number of H-pyrrole nitrogens is 1. The molecule has 2 rings (SSSR count). The highest BCUT2D eigenvalue weighted by atomic mass is 32.2. The minimum absolute atomic E-state index is 0.228. The van der Waals surface area contributed by atoms with Crippen molar-refractivity contribution >= 4 is 26.9 Å². The monoisotopic (exact) mass is 354 g/mol. The molecule has 0 aliphatic heterocycles. The van der Waals surface area contributed by atoms with Crippen LogP contribution in [-0.4, -0.2) is 63.7 Å². The number of rotatable bonds is 7. The molecule has 0 spiro atoms. The lowest BCUT2D eigenvalue weighted by atomic mass is 10.1. The van der Waals surface area contributed by atoms with Gasteiger partial charge >= 0.3 is 6.16 Å². The molecule has 0 aliphatic carbocycles. The number of ether oxygens (including phenoxy) is 2. The summed E-state index contributed by atoms with van der Waals surface area (Å²) in [6.07, 6.45) is 2.87. The van der Waals surface area contributed by atoms with Gasteiger partial charge in [-0.3, -0.25) is 0 Å². The predicted molar refractivity (Wildman–Crippen MR) is 92.2 cm³/mol. The topological polar surface area (TPSA) is 88.7 Å². The highest BCUT2D eigenvalue weighted by Gasteiger charge is 2.14. The summed E-state index contributed by atoms with van der Waals surface area (Å²) in [5.74, 6) is 0.164. The molecular formula is C16H22N2O5S. The second kappa shape index (κ2) is 7.67. The maximum atomic E-state index is 11.8. The van der Waals surface area contributed by atoms with Crippen LogP contribution < -0.4 is 4.74 Å². The highest BCUT2D eigenvalue weighted by Crippen LogP contribution is 2.29. The fraction of sp³-hybridized carbons (Fsp3) is 0.438. The zero-order valence-electron chi connectivity index (χ0n) is 14.0. The van der Waals surface area contributed by atoms with E-state index in [0.29, 0.717) is 5.75 Å². The number of nitrogens with zero attached hydrogens (tertiary/aromatic N) is 1. The van der Waals surface area contributed by atoms with E-state index in [1.807, 2.05) is 26.4 Å². The number of hydrogen-bond donors (Lipinski definition) is 1. The van der Waals surface area contributed by atoms with Gasteiger partial charge in [0.15, 0.2) is 9.84 Å². The van der Waals surface area contributed by atoms with Crippen molar-refractivity contribution in [2.45, 2.75) is 6.42 Å². The molecule has 0 atom stereocenters. The van der Waals surface area contributed by atoms with Crippen LogP contribution in [-0.2, 0) is 21.0 Å². The lowest BCUT2D eigenvalue weighted by molar-refractivity contribution is 0.105. The number of carbonyl (C=O) groups excluding carboxylic acids is 1. The van der Waals surface area contributed by atoms with Gasteiger partial charge in [-0.2, -0.15) is 0 Å². The summed E-state index contributed by atoms with van der Waals surface area (Å²) in [5.41, 5.74) is 1.91. The molecule has 0 unspecified atom stereocenters. The maximum absolute atomic E-state index is 11.8. The SMILES string of the molecule is CN(C)CCc1c[nH]c2cccc(OC(=O)OCCS(C)(=O)=O)c12. The van der Waals surface area contributed by atoms with Crippen LogP contribution in [0, 0.1) is 0 Å². The summed E-state index contributed by atoms with van der Waals surface area (Å²) in [5, 5.41) is 0.833. The van der Waals surface area contributed by atoms with Gasteiger partial charge in [0.05, 0.1) is 5.75 Å². The third kappa shape index (κ3) is 5.24. The second-order valence-corrected chi connectivity index (χ2v) is 8.14. The average Bonchev–Trinajstić information content (AvgIpc) is 2.88. The number of nitrogens with one attached hydrogen (secondary N) is 1. The number of carbonyl (C=O) groups is 1. The standard InChI is InChI=1S/C16H22N2O5S/c1-18(2)8-7-12-11-17-13-5-4-6-14(15(12)13)23-16(19)22-9-10-24(3,20)21/h4-6,11,17H,7-10H2,1-3H3. The van der Waals surface area contributed by atoms with E-state index in [1.54, 1.807) is 12.1 Å². The lowest BCUT2D eigenvalue weighted by Gasteiger charge is -2.10. The van der Waals surface area contributed by atoms with Crippen LogP contribution in [0.2, 0.25) is 0 Å². The highest BCUT2D eigenvalue weighted by molar-refractivity contribution is 7.90. The zero-order chi connectivity index (χ0) is 17.7. The molecule has 0 fully saturated rings. The van der Waals surface area contributed by atoms with Crippen molar-refractivity contribution in [1.82, 2.24) is 9.88 Å². The summed E-state index contributed by atoms with van der Waals surface area (Å²) in [7, 11) is 0.800. The summed E-state index contributed by atoms with van der Waals surface area (Å²) in [4.78, 5) is 17.0. The van der Waals surface area contributed by atoms with Gasteiger partial charge in [0, 0.05) is 29.9 Å². The number of fused-ring (bicyclic) bond motifs is 1. The quantitative estimate of drug-likeness (QED) is 0.603. The molecule has 8 heteroatoms. The molecular weight excluding hydrogens is 332 g/mol. The van der Waals surface area contributed by atoms with Gasteiger partial charge in [-0.25, -0.2) is 13.2 Å². The molecule has 1 aromatic carbocycles. The Morgan fingerprint density at radius 3 is 2.71 bits per heavy atom. The van der Waals surface area contributed by atoms with Crippen LogP contribution in [0.4, 0.5) is 4.79 Å².